The van der Waals surface area contributed by atoms with E-state index in [2.05, 4.69) is 48.5 Å². The molecule has 33 heavy (non-hydrogen) atoms. The lowest BCUT2D eigenvalue weighted by Crippen LogP contribution is -2.63. The van der Waals surface area contributed by atoms with Crippen molar-refractivity contribution in [3.8, 4) is 0 Å². The summed E-state index contributed by atoms with van der Waals surface area (Å²) in [5, 5.41) is 0. The Morgan fingerprint density at radius 2 is 1.42 bits per heavy atom. The molecule has 5 fully saturated rings. The van der Waals surface area contributed by atoms with Gasteiger partial charge in [-0.1, -0.05) is 67.7 Å². The van der Waals surface area contributed by atoms with Crippen LogP contribution in [0.15, 0.2) is 0 Å². The molecule has 1 aliphatic heterocycles. The van der Waals surface area contributed by atoms with Crippen LogP contribution in [-0.2, 0) is 9.47 Å². The Labute approximate surface area is 205 Å². The number of hydrogen-bond donors (Lipinski definition) is 0. The molecule has 4 saturated carbocycles. The minimum Gasteiger partial charge on any atom is -0.347 e. The minimum absolute atomic E-state index is 0.116. The lowest BCUT2D eigenvalue weighted by Gasteiger charge is -2.66. The van der Waals surface area contributed by atoms with Crippen molar-refractivity contribution < 1.29 is 9.47 Å². The van der Waals surface area contributed by atoms with E-state index in [1.807, 2.05) is 0 Å². The van der Waals surface area contributed by atoms with E-state index in [1.165, 1.54) is 64.2 Å². The fourth-order valence-corrected chi connectivity index (χ4v) is 11.0. The van der Waals surface area contributed by atoms with Gasteiger partial charge in [0.2, 0.25) is 0 Å². The Bertz CT molecular complexity index is 706. The maximum atomic E-state index is 6.38. The molecule has 1 saturated heterocycles. The second-order valence-electron chi connectivity index (χ2n) is 14.7. The van der Waals surface area contributed by atoms with Gasteiger partial charge in [-0.3, -0.25) is 0 Å². The van der Waals surface area contributed by atoms with Gasteiger partial charge in [0.25, 0.3) is 0 Å². The van der Waals surface area contributed by atoms with E-state index in [1.54, 1.807) is 0 Å². The average Bonchev–Trinajstić information content (AvgIpc) is 3.36. The highest BCUT2D eigenvalue weighted by Crippen LogP contribution is 2.72. The maximum absolute atomic E-state index is 6.38. The van der Waals surface area contributed by atoms with E-state index in [0.717, 1.165) is 61.1 Å². The molecule has 2 nitrogen and oxygen atoms in total. The van der Waals surface area contributed by atoms with Gasteiger partial charge in [0, 0.05) is 11.8 Å². The highest BCUT2D eigenvalue weighted by atomic mass is 16.7. The summed E-state index contributed by atoms with van der Waals surface area (Å²) in [4.78, 5) is 0. The first kappa shape index (κ1) is 24.6. The Balaban J connectivity index is 1.33. The second kappa shape index (κ2) is 8.50. The van der Waals surface area contributed by atoms with Gasteiger partial charge < -0.3 is 9.47 Å². The van der Waals surface area contributed by atoms with Gasteiger partial charge in [-0.2, -0.15) is 0 Å². The van der Waals surface area contributed by atoms with Crippen LogP contribution >= 0.6 is 0 Å². The summed E-state index contributed by atoms with van der Waals surface area (Å²) in [6.45, 7) is 19.3. The zero-order chi connectivity index (χ0) is 23.6. The van der Waals surface area contributed by atoms with Crippen LogP contribution in [0.1, 0.15) is 119 Å². The first-order valence-electron chi connectivity index (χ1n) is 14.8. The molecule has 0 aromatic heterocycles. The molecule has 4 aliphatic carbocycles. The van der Waals surface area contributed by atoms with E-state index in [9.17, 15) is 0 Å². The van der Waals surface area contributed by atoms with Crippen molar-refractivity contribution in [2.75, 3.05) is 13.2 Å². The van der Waals surface area contributed by atoms with Gasteiger partial charge in [-0.25, -0.2) is 0 Å². The fourth-order valence-electron chi connectivity index (χ4n) is 11.0. The topological polar surface area (TPSA) is 18.5 Å². The Hall–Kier alpha value is -0.0800. The highest BCUT2D eigenvalue weighted by Gasteiger charge is 2.67. The number of hydrogen-bond acceptors (Lipinski definition) is 2. The van der Waals surface area contributed by atoms with Crippen LogP contribution in [0, 0.1) is 57.7 Å². The van der Waals surface area contributed by atoms with Gasteiger partial charge in [-0.05, 0) is 97.2 Å². The molecule has 0 unspecified atom stereocenters. The summed E-state index contributed by atoms with van der Waals surface area (Å²) in [5.74, 6) is 6.01. The van der Waals surface area contributed by atoms with Crippen LogP contribution in [0.25, 0.3) is 0 Å². The zero-order valence-corrected chi connectivity index (χ0v) is 23.1. The van der Waals surface area contributed by atoms with Crippen molar-refractivity contribution in [2.45, 2.75) is 125 Å². The summed E-state index contributed by atoms with van der Waals surface area (Å²) in [7, 11) is 0. The SMILES string of the molecule is CC(C)CCC[C@@H](C)[C@H]1CC[C@H]2[C@@H]3CC[C@H]4C(C)(C)C5(CC[C@]4(C)[C@H]3CC[C@]12C)OCCO5. The van der Waals surface area contributed by atoms with Gasteiger partial charge in [0.1, 0.15) is 0 Å². The summed E-state index contributed by atoms with van der Waals surface area (Å²) >= 11 is 0. The molecule has 190 valence electrons. The molecule has 0 bridgehead atoms. The maximum Gasteiger partial charge on any atom is 0.173 e. The molecule has 1 spiro atoms. The Morgan fingerprint density at radius 1 is 0.727 bits per heavy atom. The van der Waals surface area contributed by atoms with Crippen LogP contribution in [0.3, 0.4) is 0 Å². The molecule has 5 rings (SSSR count). The molecule has 5 aliphatic rings. The summed E-state index contributed by atoms with van der Waals surface area (Å²) < 4.78 is 12.8. The van der Waals surface area contributed by atoms with Crippen LogP contribution < -0.4 is 0 Å². The van der Waals surface area contributed by atoms with Crippen LogP contribution in [0.5, 0.6) is 0 Å². The summed E-state index contributed by atoms with van der Waals surface area (Å²) in [5.41, 5.74) is 1.19. The van der Waals surface area contributed by atoms with Crippen molar-refractivity contribution in [1.29, 1.82) is 0 Å². The highest BCUT2D eigenvalue weighted by molar-refractivity contribution is 5.14. The second-order valence-corrected chi connectivity index (χ2v) is 14.7. The molecule has 0 aromatic rings. The zero-order valence-electron chi connectivity index (χ0n) is 23.1. The number of fused-ring (bicyclic) bond motifs is 5. The first-order valence-corrected chi connectivity index (χ1v) is 14.8. The molecule has 2 heteroatoms. The van der Waals surface area contributed by atoms with Crippen molar-refractivity contribution >= 4 is 0 Å². The van der Waals surface area contributed by atoms with E-state index >= 15 is 0 Å². The molecule has 0 aromatic carbocycles. The Kier molecular flexibility index (Phi) is 6.34. The van der Waals surface area contributed by atoms with Crippen LogP contribution in [0.2, 0.25) is 0 Å². The lowest BCUT2D eigenvalue weighted by atomic mass is 9.40. The molecule has 0 amide bonds. The van der Waals surface area contributed by atoms with Crippen LogP contribution in [-0.4, -0.2) is 19.0 Å². The predicted molar refractivity (Wildman–Crippen MR) is 137 cm³/mol. The molecule has 8 atom stereocenters. The van der Waals surface area contributed by atoms with E-state index in [4.69, 9.17) is 9.47 Å². The average molecular weight is 459 g/mol. The standard InChI is InChI=1S/C31H54O2/c1-21(2)9-8-10-22(3)24-12-13-25-23-11-14-27-28(4,5)31(32-19-20-33-31)18-17-30(27,7)26(23)15-16-29(24,25)6/h21-27H,8-20H2,1-7H3/t22-,23+,24-,25+,26+,27+,29-,30-/m1/s1. The van der Waals surface area contributed by atoms with Gasteiger partial charge in [-0.15, -0.1) is 0 Å². The van der Waals surface area contributed by atoms with Gasteiger partial charge in [0.15, 0.2) is 5.79 Å². The van der Waals surface area contributed by atoms with Crippen molar-refractivity contribution in [3.63, 3.8) is 0 Å². The molecular weight excluding hydrogens is 404 g/mol. The fraction of sp³-hybridized carbons (Fsp3) is 1.00. The third kappa shape index (κ3) is 3.61. The summed E-state index contributed by atoms with van der Waals surface area (Å²) in [6, 6.07) is 0. The molecule has 1 heterocycles. The molecular formula is C31H54O2. The van der Waals surface area contributed by atoms with Crippen molar-refractivity contribution in [1.82, 2.24) is 0 Å². The monoisotopic (exact) mass is 458 g/mol. The van der Waals surface area contributed by atoms with E-state index < -0.39 is 0 Å². The van der Waals surface area contributed by atoms with Crippen LogP contribution in [0.4, 0.5) is 0 Å². The normalized spacial score (nSPS) is 46.7. The number of rotatable bonds is 5. The third-order valence-corrected chi connectivity index (χ3v) is 12.7. The quantitative estimate of drug-likeness (QED) is 0.411. The minimum atomic E-state index is -0.308. The summed E-state index contributed by atoms with van der Waals surface area (Å²) in [6.07, 6.45) is 15.5. The third-order valence-electron chi connectivity index (χ3n) is 12.7. The lowest BCUT2D eigenvalue weighted by molar-refractivity contribution is -0.301. The van der Waals surface area contributed by atoms with E-state index in [-0.39, 0.29) is 11.2 Å². The van der Waals surface area contributed by atoms with Crippen molar-refractivity contribution in [2.24, 2.45) is 57.7 Å². The molecule has 0 radical (unpaired) electrons. The number of ether oxygens (including phenoxy) is 2. The first-order chi connectivity index (χ1) is 15.6. The smallest absolute Gasteiger partial charge is 0.173 e. The largest absolute Gasteiger partial charge is 0.347 e. The predicted octanol–water partition coefficient (Wildman–Crippen LogP) is 8.49. The van der Waals surface area contributed by atoms with Gasteiger partial charge >= 0.3 is 0 Å². The Morgan fingerprint density at radius 3 is 2.12 bits per heavy atom. The van der Waals surface area contributed by atoms with E-state index in [0.29, 0.717) is 10.8 Å². The van der Waals surface area contributed by atoms with Gasteiger partial charge in [0.05, 0.1) is 13.2 Å². The van der Waals surface area contributed by atoms with Crippen molar-refractivity contribution in [3.05, 3.63) is 0 Å². The molecule has 0 N–H and O–H groups in total.